The van der Waals surface area contributed by atoms with Gasteiger partial charge in [0.25, 0.3) is 5.91 Å². The van der Waals surface area contributed by atoms with E-state index in [2.05, 4.69) is 30.3 Å². The fourth-order valence-corrected chi connectivity index (χ4v) is 3.54. The highest BCUT2D eigenvalue weighted by atomic mass is 19.1. The number of anilines is 1. The van der Waals surface area contributed by atoms with Crippen molar-refractivity contribution in [3.63, 3.8) is 0 Å². The van der Waals surface area contributed by atoms with Gasteiger partial charge in [0, 0.05) is 18.3 Å². The first-order valence-electron chi connectivity index (χ1n) is 8.76. The average Bonchev–Trinajstić information content (AvgIpc) is 3.34. The van der Waals surface area contributed by atoms with Crippen LogP contribution >= 0.6 is 0 Å². The number of halogens is 1. The first-order valence-corrected chi connectivity index (χ1v) is 8.76. The molecule has 28 heavy (non-hydrogen) atoms. The molecule has 1 amide bonds. The van der Waals surface area contributed by atoms with Crippen LogP contribution in [-0.4, -0.2) is 46.3 Å². The van der Waals surface area contributed by atoms with E-state index in [-0.39, 0.29) is 6.04 Å². The fraction of sp³-hybridized carbons (Fsp3) is 0.333. The zero-order valence-electron chi connectivity index (χ0n) is 15.4. The summed E-state index contributed by atoms with van der Waals surface area (Å²) in [6, 6.07) is 3.13. The number of hydrogen-bond acceptors (Lipinski definition) is 7. The molecular weight excluding hydrogens is 367 g/mol. The number of nitrogens with one attached hydrogen (secondary N) is 1. The summed E-state index contributed by atoms with van der Waals surface area (Å²) in [6.07, 6.45) is 6.02. The summed E-state index contributed by atoms with van der Waals surface area (Å²) in [5.74, 6) is 0.202. The van der Waals surface area contributed by atoms with Gasteiger partial charge in [0.2, 0.25) is 5.88 Å². The number of carbonyl (C=O) groups excluding carboxylic acids is 1. The number of nitrogens with zero attached hydrogens (tertiary/aromatic N) is 5. The Kier molecular flexibility index (Phi) is 4.78. The Bertz CT molecular complexity index is 1020. The van der Waals surface area contributed by atoms with Gasteiger partial charge < -0.3 is 9.64 Å². The molecule has 0 aliphatic carbocycles. The van der Waals surface area contributed by atoms with Crippen molar-refractivity contribution in [2.24, 2.45) is 0 Å². The molecule has 1 aliphatic rings. The number of ether oxygens (including phenoxy) is 1. The second kappa shape index (κ2) is 7.39. The van der Waals surface area contributed by atoms with Gasteiger partial charge in [-0.25, -0.2) is 24.4 Å². The number of rotatable bonds is 5. The minimum atomic E-state index is -0.434. The number of pyridine rings is 1. The Labute approximate surface area is 160 Å². The van der Waals surface area contributed by atoms with Gasteiger partial charge in [-0.05, 0) is 25.0 Å². The topological polar surface area (TPSA) is 93.9 Å². The molecule has 0 bridgehead atoms. The van der Waals surface area contributed by atoms with E-state index >= 15 is 0 Å². The molecule has 0 spiro atoms. The molecule has 3 aromatic rings. The van der Waals surface area contributed by atoms with Gasteiger partial charge in [-0.15, -0.1) is 0 Å². The predicted octanol–water partition coefficient (Wildman–Crippen LogP) is 1.90. The normalized spacial score (nSPS) is 16.5. The molecule has 4 rings (SSSR count). The van der Waals surface area contributed by atoms with E-state index in [1.165, 1.54) is 31.0 Å². The molecular formula is C18H19FN6O3. The molecule has 0 aromatic carbocycles. The van der Waals surface area contributed by atoms with Gasteiger partial charge in [-0.1, -0.05) is 0 Å². The van der Waals surface area contributed by atoms with Crippen molar-refractivity contribution in [2.75, 3.05) is 25.7 Å². The maximum absolute atomic E-state index is 13.8. The monoisotopic (exact) mass is 386 g/mol. The van der Waals surface area contributed by atoms with Crippen LogP contribution in [0, 0.1) is 5.82 Å². The summed E-state index contributed by atoms with van der Waals surface area (Å²) in [5, 5.41) is 4.15. The fourth-order valence-electron chi connectivity index (χ4n) is 3.54. The molecule has 146 valence electrons. The molecule has 9 nitrogen and oxygen atoms in total. The molecule has 1 N–H and O–H groups in total. The van der Waals surface area contributed by atoms with Crippen LogP contribution < -0.4 is 15.1 Å². The largest absolute Gasteiger partial charge is 0.481 e. The summed E-state index contributed by atoms with van der Waals surface area (Å²) >= 11 is 0. The Hall–Kier alpha value is -3.27. The second-order valence-electron chi connectivity index (χ2n) is 6.35. The van der Waals surface area contributed by atoms with E-state index in [1.807, 2.05) is 6.07 Å². The number of fused-ring (bicyclic) bond motifs is 1. The zero-order chi connectivity index (χ0) is 19.7. The van der Waals surface area contributed by atoms with Crippen molar-refractivity contribution in [2.45, 2.75) is 18.9 Å². The molecule has 10 heteroatoms. The lowest BCUT2D eigenvalue weighted by molar-refractivity contribution is 0.0539. The third-order valence-corrected chi connectivity index (χ3v) is 4.74. The maximum atomic E-state index is 13.8. The lowest BCUT2D eigenvalue weighted by Gasteiger charge is -2.26. The Morgan fingerprint density at radius 1 is 1.36 bits per heavy atom. The Morgan fingerprint density at radius 3 is 3.00 bits per heavy atom. The molecule has 0 unspecified atom stereocenters. The van der Waals surface area contributed by atoms with Crippen molar-refractivity contribution < 1.29 is 18.8 Å². The van der Waals surface area contributed by atoms with Gasteiger partial charge in [0.1, 0.15) is 17.2 Å². The van der Waals surface area contributed by atoms with Crippen LogP contribution in [0.3, 0.4) is 0 Å². The van der Waals surface area contributed by atoms with E-state index in [4.69, 9.17) is 4.74 Å². The van der Waals surface area contributed by atoms with Crippen LogP contribution in [0.15, 0.2) is 30.7 Å². The standard InChI is InChI=1S/C18H19FN6O3/c1-27-18-12(8-11(19)9-20-18)14-4-3-6-24(14)15-5-7-25-16(22-15)13(10-21-25)17(26)23-28-2/h5,7-10,14H,3-4,6H2,1-2H3,(H,23,26)/t14-/m0/s1. The van der Waals surface area contributed by atoms with Crippen molar-refractivity contribution >= 4 is 17.4 Å². The lowest BCUT2D eigenvalue weighted by atomic mass is 10.1. The highest BCUT2D eigenvalue weighted by molar-refractivity contribution is 5.99. The van der Waals surface area contributed by atoms with Crippen molar-refractivity contribution in [1.82, 2.24) is 25.1 Å². The number of aromatic nitrogens is 4. The molecule has 4 heterocycles. The van der Waals surface area contributed by atoms with Crippen LogP contribution in [0.1, 0.15) is 34.8 Å². The molecule has 1 aliphatic heterocycles. The van der Waals surface area contributed by atoms with Gasteiger partial charge in [-0.2, -0.15) is 5.10 Å². The number of hydrogen-bond donors (Lipinski definition) is 1. The average molecular weight is 386 g/mol. The Balaban J connectivity index is 1.74. The summed E-state index contributed by atoms with van der Waals surface area (Å²) < 4.78 is 20.7. The van der Waals surface area contributed by atoms with Gasteiger partial charge in [-0.3, -0.25) is 9.63 Å². The summed E-state index contributed by atoms with van der Waals surface area (Å²) in [7, 11) is 2.87. The third-order valence-electron chi connectivity index (χ3n) is 4.74. The van der Waals surface area contributed by atoms with Crippen molar-refractivity contribution in [3.8, 4) is 5.88 Å². The quantitative estimate of drug-likeness (QED) is 0.670. The smallest absolute Gasteiger partial charge is 0.280 e. The minimum Gasteiger partial charge on any atom is -0.481 e. The number of carbonyl (C=O) groups is 1. The van der Waals surface area contributed by atoms with Gasteiger partial charge in [0.15, 0.2) is 5.65 Å². The molecule has 1 atom stereocenters. The van der Waals surface area contributed by atoms with Crippen LogP contribution in [0.25, 0.3) is 5.65 Å². The van der Waals surface area contributed by atoms with Crippen LogP contribution in [-0.2, 0) is 4.84 Å². The van der Waals surface area contributed by atoms with Crippen LogP contribution in [0.4, 0.5) is 10.2 Å². The minimum absolute atomic E-state index is 0.132. The number of hydroxylamine groups is 1. The Morgan fingerprint density at radius 2 is 2.21 bits per heavy atom. The predicted molar refractivity (Wildman–Crippen MR) is 97.5 cm³/mol. The molecule has 1 saturated heterocycles. The molecule has 0 radical (unpaired) electrons. The van der Waals surface area contributed by atoms with E-state index < -0.39 is 11.7 Å². The first kappa shape index (κ1) is 18.1. The van der Waals surface area contributed by atoms with Gasteiger partial charge in [0.05, 0.1) is 32.7 Å². The summed E-state index contributed by atoms with van der Waals surface area (Å²) in [5.41, 5.74) is 3.65. The highest BCUT2D eigenvalue weighted by Crippen LogP contribution is 2.38. The molecule has 3 aromatic heterocycles. The highest BCUT2D eigenvalue weighted by Gasteiger charge is 2.31. The maximum Gasteiger partial charge on any atom is 0.280 e. The second-order valence-corrected chi connectivity index (χ2v) is 6.35. The third kappa shape index (κ3) is 3.11. The molecule has 1 fully saturated rings. The van der Waals surface area contributed by atoms with Crippen LogP contribution in [0.5, 0.6) is 5.88 Å². The van der Waals surface area contributed by atoms with E-state index in [9.17, 15) is 9.18 Å². The molecule has 0 saturated carbocycles. The van der Waals surface area contributed by atoms with Crippen molar-refractivity contribution in [1.29, 1.82) is 0 Å². The number of amides is 1. The van der Waals surface area contributed by atoms with Crippen molar-refractivity contribution in [3.05, 3.63) is 47.7 Å². The summed E-state index contributed by atoms with van der Waals surface area (Å²) in [4.78, 5) is 27.6. The van der Waals surface area contributed by atoms with E-state index in [0.717, 1.165) is 25.6 Å². The lowest BCUT2D eigenvalue weighted by Crippen LogP contribution is -2.25. The summed E-state index contributed by atoms with van der Waals surface area (Å²) in [6.45, 7) is 0.737. The van der Waals surface area contributed by atoms with E-state index in [1.54, 1.807) is 6.20 Å². The van der Waals surface area contributed by atoms with Gasteiger partial charge >= 0.3 is 0 Å². The zero-order valence-corrected chi connectivity index (χ0v) is 15.4. The first-order chi connectivity index (χ1) is 13.6. The SMILES string of the molecule is CONC(=O)c1cnn2ccc(N3CCC[C@H]3c3cc(F)cnc3OC)nc12. The van der Waals surface area contributed by atoms with Crippen LogP contribution in [0.2, 0.25) is 0 Å². The number of methoxy groups -OCH3 is 1. The van der Waals surface area contributed by atoms with E-state index in [0.29, 0.717) is 28.5 Å².